The quantitative estimate of drug-likeness (QED) is 0.0826. The molecule has 0 amide bonds. The lowest BCUT2D eigenvalue weighted by Gasteiger charge is -2.45. The third-order valence-electron chi connectivity index (χ3n) is 29.9. The van der Waals surface area contributed by atoms with Gasteiger partial charge < -0.3 is 19.6 Å². The number of benzene rings is 4. The lowest BCUT2D eigenvalue weighted by Crippen LogP contribution is -2.53. The van der Waals surface area contributed by atoms with Crippen LogP contribution in [0.4, 0.5) is 23.3 Å². The van der Waals surface area contributed by atoms with Gasteiger partial charge in [-0.15, -0.1) is 0 Å². The van der Waals surface area contributed by atoms with Gasteiger partial charge >= 0.3 is 0 Å². The molecular formula is C106H146Cl8N24. The summed E-state index contributed by atoms with van der Waals surface area (Å²) in [6.07, 6.45) is 31.8. The lowest BCUT2D eigenvalue weighted by atomic mass is 9.88. The first-order valence-electron chi connectivity index (χ1n) is 48.9. The fourth-order valence-electron chi connectivity index (χ4n) is 22.4. The van der Waals surface area contributed by atoms with Crippen molar-refractivity contribution in [3.8, 4) is 0 Å². The number of hydrogen-bond donors (Lipinski definition) is 0. The molecule has 24 nitrogen and oxygen atoms in total. The van der Waals surface area contributed by atoms with E-state index in [0.717, 1.165) is 185 Å². The molecule has 13 atom stereocenters. The van der Waals surface area contributed by atoms with E-state index in [1.165, 1.54) is 123 Å². The summed E-state index contributed by atoms with van der Waals surface area (Å²) in [5.74, 6) is 6.07. The summed E-state index contributed by atoms with van der Waals surface area (Å²) in [6, 6.07) is 25.1. The molecule has 746 valence electrons. The van der Waals surface area contributed by atoms with Crippen molar-refractivity contribution in [2.24, 2.45) is 23.7 Å². The molecule has 7 fully saturated rings. The number of piperidine rings is 4. The van der Waals surface area contributed by atoms with Gasteiger partial charge in [0, 0.05) is 129 Å². The molecule has 8 aliphatic rings. The molecule has 13 unspecified atom stereocenters. The Balaban J connectivity index is 0.000000154. The first kappa shape index (κ1) is 107. The van der Waals surface area contributed by atoms with E-state index in [-0.39, 0.29) is 53.9 Å². The number of nitrogens with zero attached hydrogens (tertiary/aromatic N) is 24. The molecule has 0 aliphatic carbocycles. The lowest BCUT2D eigenvalue weighted by molar-refractivity contribution is 0.118. The Labute approximate surface area is 859 Å². The van der Waals surface area contributed by atoms with Crippen LogP contribution < -0.4 is 19.6 Å². The summed E-state index contributed by atoms with van der Waals surface area (Å²) in [6.45, 7) is 44.8. The van der Waals surface area contributed by atoms with Crippen molar-refractivity contribution in [2.75, 3.05) is 118 Å². The van der Waals surface area contributed by atoms with Crippen LogP contribution in [0.5, 0.6) is 0 Å². The van der Waals surface area contributed by atoms with Crippen LogP contribution in [-0.4, -0.2) is 227 Å². The number of hydrogen-bond acceptors (Lipinski definition) is 20. The smallest absolute Gasteiger partial charge is 0.179 e. The standard InChI is InChI=1S/C27H36Cl2N6.C26H34Cl2N6.C25H32Cl2N6.C24H28Cl2N6.4CH4/c1-18-17-34(14-11-24(18)33-12-7-5-4-6-8-13-33)25-16-30-26-19(2)32-35(27(26)31-25)20(3)22-10-9-21(28)15-23(22)29;1-17-16-33(13-10-23(17)32-11-6-4-5-7-12-32)24-15-29-25-18(2)31-34(26(25)30-24)19(3)21-9-8-20(27)14-22(21)28;1-15-14-32(16(2)11-22(15)31-9-5-6-10-31)23-13-28-24-17(3)30-33(25(24)29-23)18(4)20-8-7-19(26)12-21(20)27;1-15-14-31(11-8-21(15)30-9-4-5-10-30)22-13-27-23-16(2)29-32(24(23)28-22)17(3)19-7-6-18(25)12-20(19)26;;;;/h9-10,15-16,18,20,24H,4-8,11-14,17H2,1-3H3;8-9,14-15,17,19,23H,4-7,10-13,16H2,1-3H3;7-8,12-13,15-16,18,22H,5-6,9-11,14H2,1-4H3;4-7,12-13,15,17,21H,8-11,14H2,1-3H3;4*1H4. The Morgan fingerprint density at radius 1 is 0.304 bits per heavy atom. The largest absolute Gasteiger partial charge is 0.355 e. The second-order valence-corrected chi connectivity index (χ2v) is 42.5. The highest BCUT2D eigenvalue weighted by atomic mass is 35.5. The van der Waals surface area contributed by atoms with Gasteiger partial charge in [0.1, 0.15) is 45.3 Å². The number of halogens is 8. The minimum Gasteiger partial charge on any atom is -0.355 e. The summed E-state index contributed by atoms with van der Waals surface area (Å²) in [5.41, 5.74) is 13.9. The molecule has 32 heteroatoms. The van der Waals surface area contributed by atoms with Crippen molar-refractivity contribution in [2.45, 2.75) is 270 Å². The number of likely N-dealkylation sites (tertiary alicyclic amines) is 3. The summed E-state index contributed by atoms with van der Waals surface area (Å²) in [7, 11) is 0. The molecule has 0 spiro atoms. The molecule has 0 N–H and O–H groups in total. The molecular weight excluding hydrogens is 1890 g/mol. The van der Waals surface area contributed by atoms with Crippen molar-refractivity contribution < 1.29 is 0 Å². The maximum atomic E-state index is 6.52. The Bertz CT molecular complexity index is 6110. The zero-order valence-corrected chi connectivity index (χ0v) is 85.9. The van der Waals surface area contributed by atoms with Crippen LogP contribution in [0.15, 0.2) is 110 Å². The van der Waals surface area contributed by atoms with E-state index >= 15 is 0 Å². The van der Waals surface area contributed by atoms with Crippen molar-refractivity contribution >= 4 is 161 Å². The maximum Gasteiger partial charge on any atom is 0.179 e. The number of fused-ring (bicyclic) bond motifs is 4. The fraction of sp³-hybridized carbons (Fsp3) is 0.566. The van der Waals surface area contributed by atoms with Crippen molar-refractivity contribution in [1.29, 1.82) is 0 Å². The molecule has 8 aromatic heterocycles. The van der Waals surface area contributed by atoms with Crippen molar-refractivity contribution in [3.05, 3.63) is 195 Å². The molecule has 4 aromatic carbocycles. The van der Waals surface area contributed by atoms with E-state index in [1.807, 2.05) is 120 Å². The van der Waals surface area contributed by atoms with Crippen LogP contribution in [0.1, 0.15) is 258 Å². The van der Waals surface area contributed by atoms with E-state index in [9.17, 15) is 0 Å². The monoisotopic (exact) mass is 2030 g/mol. The van der Waals surface area contributed by atoms with E-state index < -0.39 is 0 Å². The van der Waals surface area contributed by atoms with Crippen LogP contribution >= 0.6 is 92.8 Å². The third kappa shape index (κ3) is 23.6. The molecule has 16 heterocycles. The number of rotatable bonds is 16. The van der Waals surface area contributed by atoms with Gasteiger partial charge in [-0.2, -0.15) is 20.4 Å². The first-order chi connectivity index (χ1) is 64.6. The number of anilines is 4. The average Bonchev–Trinajstić information content (AvgIpc) is 1.67. The molecule has 7 saturated heterocycles. The van der Waals surface area contributed by atoms with Crippen molar-refractivity contribution in [1.82, 2.24) is 98.6 Å². The highest BCUT2D eigenvalue weighted by molar-refractivity contribution is 6.37. The zero-order valence-electron chi connectivity index (χ0n) is 79.9. The second kappa shape index (κ2) is 47.6. The summed E-state index contributed by atoms with van der Waals surface area (Å²) in [4.78, 5) is 59.8. The predicted molar refractivity (Wildman–Crippen MR) is 578 cm³/mol. The van der Waals surface area contributed by atoms with Crippen LogP contribution in [0.25, 0.3) is 44.7 Å². The SMILES string of the molecule is C.C.C.C.Cc1nn(C(C)c2ccc(Cl)cc2Cl)c2nc(N3CC(C)C(N4CCCC4)CC3C)cnc12.Cc1nn(C(C)c2ccc(Cl)cc2Cl)c2nc(N3CCC(N4CC=CC4)C(C)C3)cnc12.Cc1nn(C(C)c2ccc(Cl)cc2Cl)c2nc(N3CCC(N4CCCCCC4)C(C)C3)cnc12.Cc1nn(C(C)c2ccc(Cl)cc2Cl)c2nc(N3CCC(N4CCCCCCC4)C(C)C3)cnc12. The van der Waals surface area contributed by atoms with Gasteiger partial charge in [-0.3, -0.25) is 19.6 Å². The Hall–Kier alpha value is -7.82. The van der Waals surface area contributed by atoms with Gasteiger partial charge in [0.2, 0.25) is 0 Å². The summed E-state index contributed by atoms with van der Waals surface area (Å²) in [5, 5.41) is 24.2. The van der Waals surface area contributed by atoms with Gasteiger partial charge in [0.15, 0.2) is 22.6 Å². The van der Waals surface area contributed by atoms with Crippen LogP contribution in [-0.2, 0) is 0 Å². The second-order valence-electron chi connectivity index (χ2n) is 39.1. The topological polar surface area (TPSA) is 200 Å². The highest BCUT2D eigenvalue weighted by Crippen LogP contribution is 2.41. The van der Waals surface area contributed by atoms with Gasteiger partial charge in [-0.05, 0) is 260 Å². The zero-order chi connectivity index (χ0) is 94.0. The van der Waals surface area contributed by atoms with Crippen LogP contribution in [0, 0.1) is 51.4 Å². The van der Waals surface area contributed by atoms with Crippen molar-refractivity contribution in [3.63, 3.8) is 0 Å². The molecule has 0 saturated carbocycles. The highest BCUT2D eigenvalue weighted by Gasteiger charge is 2.40. The van der Waals surface area contributed by atoms with E-state index in [2.05, 4.69) is 114 Å². The predicted octanol–water partition coefficient (Wildman–Crippen LogP) is 26.1. The molecule has 138 heavy (non-hydrogen) atoms. The minimum absolute atomic E-state index is 0. The van der Waals surface area contributed by atoms with Gasteiger partial charge in [0.05, 0.1) is 71.7 Å². The van der Waals surface area contributed by atoms with Gasteiger partial charge in [-0.1, -0.05) is 219 Å². The first-order valence-corrected chi connectivity index (χ1v) is 51.9. The molecule has 8 aliphatic heterocycles. The minimum atomic E-state index is -0.0900. The van der Waals surface area contributed by atoms with E-state index in [1.54, 1.807) is 24.3 Å². The van der Waals surface area contributed by atoms with E-state index in [4.69, 9.17) is 153 Å². The molecule has 0 radical (unpaired) electrons. The summed E-state index contributed by atoms with van der Waals surface area (Å²) >= 11 is 50.5. The third-order valence-corrected chi connectivity index (χ3v) is 32.1. The Kier molecular flexibility index (Phi) is 37.1. The van der Waals surface area contributed by atoms with E-state index in [0.29, 0.717) is 94.1 Å². The van der Waals surface area contributed by atoms with Crippen LogP contribution in [0.3, 0.4) is 0 Å². The Morgan fingerprint density at radius 3 is 0.848 bits per heavy atom. The number of aromatic nitrogens is 16. The van der Waals surface area contributed by atoms with Gasteiger partial charge in [-0.25, -0.2) is 58.6 Å². The van der Waals surface area contributed by atoms with Gasteiger partial charge in [0.25, 0.3) is 0 Å². The maximum absolute atomic E-state index is 6.52. The molecule has 0 bridgehead atoms. The molecule has 12 aromatic rings. The molecule has 20 rings (SSSR count). The number of aryl methyl sites for hydroxylation is 4. The fourth-order valence-corrected chi connectivity index (χ4v) is 24.7. The Morgan fingerprint density at radius 2 is 0.558 bits per heavy atom. The summed E-state index contributed by atoms with van der Waals surface area (Å²) < 4.78 is 7.78. The average molecular weight is 2040 g/mol. The normalized spacial score (nSPS) is 22.9. The van der Waals surface area contributed by atoms with Crippen LogP contribution in [0.2, 0.25) is 40.2 Å².